The Balaban J connectivity index is 1.88. The molecule has 0 saturated carbocycles. The molecule has 0 aromatic heterocycles. The van der Waals surface area contributed by atoms with Crippen molar-refractivity contribution in [3.05, 3.63) is 0 Å². The predicted molar refractivity (Wildman–Crippen MR) is 103 cm³/mol. The van der Waals surface area contributed by atoms with Gasteiger partial charge in [0.25, 0.3) is 10.2 Å². The van der Waals surface area contributed by atoms with Crippen LogP contribution < -0.4 is 0 Å². The number of piperazine rings is 2. The van der Waals surface area contributed by atoms with Crippen molar-refractivity contribution in [1.82, 2.24) is 23.3 Å². The minimum atomic E-state index is -3.42. The second kappa shape index (κ2) is 9.31. The van der Waals surface area contributed by atoms with Crippen LogP contribution in [0.25, 0.3) is 0 Å². The summed E-state index contributed by atoms with van der Waals surface area (Å²) in [7, 11) is -3.42. The van der Waals surface area contributed by atoms with E-state index in [4.69, 9.17) is 0 Å². The molecular weight excluding hydrogens is 370 g/mol. The molecule has 2 rings (SSSR count). The molecule has 2 heterocycles. The molecule has 2 aliphatic rings. The Morgan fingerprint density at radius 2 is 1.37 bits per heavy atom. The van der Waals surface area contributed by atoms with E-state index in [-0.39, 0.29) is 17.9 Å². The van der Waals surface area contributed by atoms with Crippen LogP contribution in [0.1, 0.15) is 27.7 Å². The summed E-state index contributed by atoms with van der Waals surface area (Å²) in [6.07, 6.45) is 0. The summed E-state index contributed by atoms with van der Waals surface area (Å²) >= 11 is 0. The Morgan fingerprint density at radius 3 is 1.81 bits per heavy atom. The summed E-state index contributed by atoms with van der Waals surface area (Å²) in [4.78, 5) is 29.8. The monoisotopic (exact) mass is 403 g/mol. The molecule has 10 heteroatoms. The fourth-order valence-corrected chi connectivity index (χ4v) is 5.30. The van der Waals surface area contributed by atoms with Crippen LogP contribution in [0, 0.1) is 0 Å². The minimum Gasteiger partial charge on any atom is -0.339 e. The summed E-state index contributed by atoms with van der Waals surface area (Å²) in [6, 6.07) is -0.285. The highest BCUT2D eigenvalue weighted by atomic mass is 32.2. The molecule has 2 saturated heterocycles. The third kappa shape index (κ3) is 4.98. The van der Waals surface area contributed by atoms with E-state index in [1.807, 2.05) is 30.6 Å². The maximum Gasteiger partial charge on any atom is 0.282 e. The smallest absolute Gasteiger partial charge is 0.282 e. The van der Waals surface area contributed by atoms with E-state index in [1.54, 1.807) is 11.8 Å². The molecule has 156 valence electrons. The molecule has 1 unspecified atom stereocenters. The van der Waals surface area contributed by atoms with Gasteiger partial charge in [-0.3, -0.25) is 14.5 Å². The summed E-state index contributed by atoms with van der Waals surface area (Å²) in [5.41, 5.74) is 0. The van der Waals surface area contributed by atoms with Gasteiger partial charge in [-0.1, -0.05) is 13.8 Å². The lowest BCUT2D eigenvalue weighted by Gasteiger charge is -2.41. The topological polar surface area (TPSA) is 84.5 Å². The van der Waals surface area contributed by atoms with Crippen LogP contribution in [-0.2, 0) is 19.8 Å². The van der Waals surface area contributed by atoms with Crippen molar-refractivity contribution in [2.45, 2.75) is 33.7 Å². The van der Waals surface area contributed by atoms with Gasteiger partial charge in [-0.15, -0.1) is 0 Å². The van der Waals surface area contributed by atoms with Gasteiger partial charge in [0.1, 0.15) is 0 Å². The largest absolute Gasteiger partial charge is 0.339 e. The van der Waals surface area contributed by atoms with Gasteiger partial charge >= 0.3 is 0 Å². The lowest BCUT2D eigenvalue weighted by molar-refractivity contribution is -0.142. The number of amides is 2. The fraction of sp³-hybridized carbons (Fsp3) is 0.882. The normalized spacial score (nSPS) is 21.5. The van der Waals surface area contributed by atoms with Crippen LogP contribution in [0.15, 0.2) is 0 Å². The highest BCUT2D eigenvalue weighted by molar-refractivity contribution is 7.86. The van der Waals surface area contributed by atoms with Crippen molar-refractivity contribution < 1.29 is 18.0 Å². The molecule has 2 aliphatic heterocycles. The summed E-state index contributed by atoms with van der Waals surface area (Å²) in [6.45, 7) is 12.2. The molecule has 0 spiro atoms. The van der Waals surface area contributed by atoms with Gasteiger partial charge in [0, 0.05) is 72.4 Å². The molecule has 0 aliphatic carbocycles. The number of nitrogens with zero attached hydrogens (tertiary/aromatic N) is 5. The Hall–Kier alpha value is -1.23. The molecule has 0 aromatic carbocycles. The molecule has 1 atom stereocenters. The number of carbonyl (C=O) groups is 2. The quantitative estimate of drug-likeness (QED) is 0.584. The fourth-order valence-electron chi connectivity index (χ4n) is 3.70. The van der Waals surface area contributed by atoms with E-state index in [0.717, 1.165) is 0 Å². The standard InChI is InChI=1S/C17H33N5O4S/c1-5-21(6-2)27(25,26)22-13-11-18(12-14-22)15(3)17(24)20-9-7-19(8-10-20)16(4)23/h15H,5-14H2,1-4H3. The Labute approximate surface area is 163 Å². The number of hydrogen-bond acceptors (Lipinski definition) is 5. The zero-order chi connectivity index (χ0) is 20.2. The third-order valence-electron chi connectivity index (χ3n) is 5.57. The van der Waals surface area contributed by atoms with Gasteiger partial charge in [0.15, 0.2) is 0 Å². The van der Waals surface area contributed by atoms with Crippen molar-refractivity contribution in [1.29, 1.82) is 0 Å². The van der Waals surface area contributed by atoms with Gasteiger partial charge in [-0.05, 0) is 6.92 Å². The van der Waals surface area contributed by atoms with E-state index in [1.165, 1.54) is 8.61 Å². The minimum absolute atomic E-state index is 0.0423. The maximum absolute atomic E-state index is 12.8. The number of rotatable bonds is 6. The molecular formula is C17H33N5O4S. The first-order chi connectivity index (χ1) is 12.7. The second-order valence-corrected chi connectivity index (χ2v) is 8.96. The first kappa shape index (κ1) is 22.1. The van der Waals surface area contributed by atoms with Crippen molar-refractivity contribution in [3.8, 4) is 0 Å². The van der Waals surface area contributed by atoms with Crippen molar-refractivity contribution in [2.24, 2.45) is 0 Å². The maximum atomic E-state index is 12.8. The number of carbonyl (C=O) groups excluding carboxylic acids is 2. The van der Waals surface area contributed by atoms with Crippen molar-refractivity contribution >= 4 is 22.0 Å². The van der Waals surface area contributed by atoms with E-state index in [2.05, 4.69) is 0 Å². The highest BCUT2D eigenvalue weighted by Crippen LogP contribution is 2.15. The van der Waals surface area contributed by atoms with Crippen LogP contribution in [0.2, 0.25) is 0 Å². The molecule has 2 fully saturated rings. The van der Waals surface area contributed by atoms with Gasteiger partial charge in [-0.25, -0.2) is 0 Å². The zero-order valence-corrected chi connectivity index (χ0v) is 17.7. The summed E-state index contributed by atoms with van der Waals surface area (Å²) < 4.78 is 28.2. The van der Waals surface area contributed by atoms with Crippen LogP contribution >= 0.6 is 0 Å². The van der Waals surface area contributed by atoms with E-state index < -0.39 is 10.2 Å². The highest BCUT2D eigenvalue weighted by Gasteiger charge is 2.35. The lowest BCUT2D eigenvalue weighted by Crippen LogP contribution is -2.59. The molecule has 0 bridgehead atoms. The summed E-state index contributed by atoms with van der Waals surface area (Å²) in [5, 5.41) is 0. The SMILES string of the molecule is CCN(CC)S(=O)(=O)N1CCN(C(C)C(=O)N2CCN(C(C)=O)CC2)CC1. The van der Waals surface area contributed by atoms with Crippen LogP contribution in [0.3, 0.4) is 0 Å². The molecule has 9 nitrogen and oxygen atoms in total. The Morgan fingerprint density at radius 1 is 0.889 bits per heavy atom. The van der Waals surface area contributed by atoms with Gasteiger partial charge in [0.2, 0.25) is 11.8 Å². The van der Waals surface area contributed by atoms with E-state index >= 15 is 0 Å². The van der Waals surface area contributed by atoms with E-state index in [0.29, 0.717) is 65.4 Å². The second-order valence-electron chi connectivity index (χ2n) is 7.03. The first-order valence-corrected chi connectivity index (χ1v) is 11.2. The lowest BCUT2D eigenvalue weighted by atomic mass is 10.2. The molecule has 27 heavy (non-hydrogen) atoms. The molecule has 0 N–H and O–H groups in total. The third-order valence-corrected chi connectivity index (χ3v) is 7.76. The van der Waals surface area contributed by atoms with Crippen molar-refractivity contribution in [2.75, 3.05) is 65.4 Å². The first-order valence-electron chi connectivity index (χ1n) is 9.75. The molecule has 2 amide bonds. The van der Waals surface area contributed by atoms with Crippen LogP contribution in [0.5, 0.6) is 0 Å². The molecule has 0 radical (unpaired) electrons. The van der Waals surface area contributed by atoms with Crippen LogP contribution in [-0.4, -0.2) is 115 Å². The van der Waals surface area contributed by atoms with Crippen molar-refractivity contribution in [3.63, 3.8) is 0 Å². The Kier molecular flexibility index (Phi) is 7.61. The van der Waals surface area contributed by atoms with Gasteiger partial charge in [-0.2, -0.15) is 17.0 Å². The summed E-state index contributed by atoms with van der Waals surface area (Å²) in [5.74, 6) is 0.0962. The predicted octanol–water partition coefficient (Wildman–Crippen LogP) is -0.730. The van der Waals surface area contributed by atoms with Gasteiger partial charge in [0.05, 0.1) is 6.04 Å². The molecule has 0 aromatic rings. The number of hydrogen-bond donors (Lipinski definition) is 0. The van der Waals surface area contributed by atoms with Gasteiger partial charge < -0.3 is 9.80 Å². The average Bonchev–Trinajstić information content (AvgIpc) is 2.67. The van der Waals surface area contributed by atoms with E-state index in [9.17, 15) is 18.0 Å². The van der Waals surface area contributed by atoms with Crippen LogP contribution in [0.4, 0.5) is 0 Å². The average molecular weight is 404 g/mol. The Bertz CT molecular complexity index is 621. The zero-order valence-electron chi connectivity index (χ0n) is 16.9.